The highest BCUT2D eigenvalue weighted by molar-refractivity contribution is 7.90. The van der Waals surface area contributed by atoms with Gasteiger partial charge in [0.25, 0.3) is 5.91 Å². The van der Waals surface area contributed by atoms with E-state index in [1.807, 2.05) is 0 Å². The molecule has 0 bridgehead atoms. The third kappa shape index (κ3) is 3.80. The number of amides is 1. The first-order chi connectivity index (χ1) is 9.48. The molecule has 1 aromatic rings. The van der Waals surface area contributed by atoms with E-state index >= 15 is 0 Å². The van der Waals surface area contributed by atoms with Crippen LogP contribution < -0.4 is 10.6 Å². The number of hydrogen-bond donors (Lipinski definition) is 2. The molecule has 110 valence electrons. The van der Waals surface area contributed by atoms with Crippen molar-refractivity contribution in [3.8, 4) is 0 Å². The molecule has 0 aliphatic carbocycles. The van der Waals surface area contributed by atoms with Gasteiger partial charge in [-0.1, -0.05) is 12.1 Å². The van der Waals surface area contributed by atoms with Gasteiger partial charge < -0.3 is 10.6 Å². The maximum atomic E-state index is 12.1. The first-order valence-electron chi connectivity index (χ1n) is 6.76. The molecule has 20 heavy (non-hydrogen) atoms. The Labute approximate surface area is 119 Å². The van der Waals surface area contributed by atoms with E-state index < -0.39 is 9.84 Å². The number of hydrogen-bond acceptors (Lipinski definition) is 4. The van der Waals surface area contributed by atoms with Crippen molar-refractivity contribution < 1.29 is 13.2 Å². The predicted molar refractivity (Wildman–Crippen MR) is 77.5 cm³/mol. The average molecular weight is 296 g/mol. The van der Waals surface area contributed by atoms with Crippen LogP contribution in [0.15, 0.2) is 29.2 Å². The van der Waals surface area contributed by atoms with Gasteiger partial charge in [0.2, 0.25) is 0 Å². The molecule has 0 saturated carbocycles. The summed E-state index contributed by atoms with van der Waals surface area (Å²) >= 11 is 0. The van der Waals surface area contributed by atoms with Crippen LogP contribution in [-0.4, -0.2) is 40.2 Å². The van der Waals surface area contributed by atoms with E-state index in [1.165, 1.54) is 6.07 Å². The van der Waals surface area contributed by atoms with Crippen molar-refractivity contribution in [1.82, 2.24) is 10.6 Å². The van der Waals surface area contributed by atoms with E-state index in [4.69, 9.17) is 0 Å². The summed E-state index contributed by atoms with van der Waals surface area (Å²) in [5, 5.41) is 6.09. The molecule has 1 fully saturated rings. The van der Waals surface area contributed by atoms with Gasteiger partial charge in [-0.3, -0.25) is 4.79 Å². The molecule has 2 rings (SSSR count). The summed E-state index contributed by atoms with van der Waals surface area (Å²) in [7, 11) is -3.39. The summed E-state index contributed by atoms with van der Waals surface area (Å²) < 4.78 is 23.3. The Hall–Kier alpha value is -1.40. The van der Waals surface area contributed by atoms with Gasteiger partial charge in [0.1, 0.15) is 0 Å². The van der Waals surface area contributed by atoms with Crippen molar-refractivity contribution in [3.05, 3.63) is 29.8 Å². The van der Waals surface area contributed by atoms with E-state index in [0.717, 1.165) is 32.2 Å². The van der Waals surface area contributed by atoms with Crippen molar-refractivity contribution >= 4 is 15.7 Å². The predicted octanol–water partition coefficient (Wildman–Crippen LogP) is 0.819. The molecular weight excluding hydrogens is 276 g/mol. The van der Waals surface area contributed by atoms with Crippen molar-refractivity contribution in [2.24, 2.45) is 5.92 Å². The normalized spacial score (nSPS) is 18.9. The third-order valence-electron chi connectivity index (χ3n) is 3.53. The summed E-state index contributed by atoms with van der Waals surface area (Å²) in [6.07, 6.45) is 3.17. The SMILES string of the molecule is CS(=O)(=O)c1ccccc1C(=O)NCCC1CCNC1. The highest BCUT2D eigenvalue weighted by Gasteiger charge is 2.19. The highest BCUT2D eigenvalue weighted by Crippen LogP contribution is 2.15. The fourth-order valence-corrected chi connectivity index (χ4v) is 3.31. The van der Waals surface area contributed by atoms with Crippen molar-refractivity contribution in [1.29, 1.82) is 0 Å². The van der Waals surface area contributed by atoms with Gasteiger partial charge in [-0.15, -0.1) is 0 Å². The molecule has 1 aromatic carbocycles. The number of nitrogens with one attached hydrogen (secondary N) is 2. The van der Waals surface area contributed by atoms with Gasteiger partial charge in [0.05, 0.1) is 10.5 Å². The molecule has 1 aliphatic rings. The summed E-state index contributed by atoms with van der Waals surface area (Å²) in [6.45, 7) is 2.61. The Morgan fingerprint density at radius 2 is 2.15 bits per heavy atom. The minimum absolute atomic E-state index is 0.0834. The fourth-order valence-electron chi connectivity index (χ4n) is 2.42. The zero-order valence-corrected chi connectivity index (χ0v) is 12.4. The van der Waals surface area contributed by atoms with Gasteiger partial charge in [-0.2, -0.15) is 0 Å². The molecule has 5 nitrogen and oxygen atoms in total. The quantitative estimate of drug-likeness (QED) is 0.843. The van der Waals surface area contributed by atoms with Gasteiger partial charge in [0, 0.05) is 12.8 Å². The van der Waals surface area contributed by atoms with E-state index in [9.17, 15) is 13.2 Å². The van der Waals surface area contributed by atoms with Crippen LogP contribution in [0.4, 0.5) is 0 Å². The van der Waals surface area contributed by atoms with E-state index in [0.29, 0.717) is 12.5 Å². The molecule has 2 N–H and O–H groups in total. The molecular formula is C14H20N2O3S. The van der Waals surface area contributed by atoms with Crippen LogP contribution in [0.2, 0.25) is 0 Å². The minimum Gasteiger partial charge on any atom is -0.352 e. The molecule has 1 atom stereocenters. The summed E-state index contributed by atoms with van der Waals surface area (Å²) in [5.74, 6) is 0.275. The van der Waals surface area contributed by atoms with Crippen LogP contribution in [0.5, 0.6) is 0 Å². The van der Waals surface area contributed by atoms with Crippen LogP contribution >= 0.6 is 0 Å². The zero-order chi connectivity index (χ0) is 14.6. The molecule has 1 heterocycles. The Morgan fingerprint density at radius 1 is 1.40 bits per heavy atom. The number of rotatable bonds is 5. The molecule has 1 unspecified atom stereocenters. The Kier molecular flexibility index (Phi) is 4.77. The van der Waals surface area contributed by atoms with Gasteiger partial charge in [-0.05, 0) is 44.0 Å². The van der Waals surface area contributed by atoms with Gasteiger partial charge in [-0.25, -0.2) is 8.42 Å². The van der Waals surface area contributed by atoms with E-state index in [1.54, 1.807) is 18.2 Å². The number of benzene rings is 1. The van der Waals surface area contributed by atoms with Crippen LogP contribution in [0.3, 0.4) is 0 Å². The first kappa shape index (κ1) is 15.0. The molecule has 0 spiro atoms. The minimum atomic E-state index is -3.39. The maximum Gasteiger partial charge on any atom is 0.252 e. The molecule has 1 aliphatic heterocycles. The first-order valence-corrected chi connectivity index (χ1v) is 8.65. The lowest BCUT2D eigenvalue weighted by molar-refractivity contribution is 0.0948. The molecule has 1 amide bonds. The number of carbonyl (C=O) groups excluding carboxylic acids is 1. The summed E-state index contributed by atoms with van der Waals surface area (Å²) in [6, 6.07) is 6.30. The topological polar surface area (TPSA) is 75.3 Å². The largest absolute Gasteiger partial charge is 0.352 e. The second kappa shape index (κ2) is 6.37. The van der Waals surface area contributed by atoms with E-state index in [2.05, 4.69) is 10.6 Å². The highest BCUT2D eigenvalue weighted by atomic mass is 32.2. The van der Waals surface area contributed by atoms with Gasteiger partial charge >= 0.3 is 0 Å². The monoisotopic (exact) mass is 296 g/mol. The van der Waals surface area contributed by atoms with E-state index in [-0.39, 0.29) is 16.4 Å². The van der Waals surface area contributed by atoms with Crippen molar-refractivity contribution in [2.75, 3.05) is 25.9 Å². The van der Waals surface area contributed by atoms with Crippen molar-refractivity contribution in [2.45, 2.75) is 17.7 Å². The summed E-state index contributed by atoms with van der Waals surface area (Å²) in [5.41, 5.74) is 0.222. The molecule has 1 saturated heterocycles. The molecule has 6 heteroatoms. The lowest BCUT2D eigenvalue weighted by Gasteiger charge is -2.11. The van der Waals surface area contributed by atoms with Crippen molar-refractivity contribution in [3.63, 3.8) is 0 Å². The lowest BCUT2D eigenvalue weighted by atomic mass is 10.1. The summed E-state index contributed by atoms with van der Waals surface area (Å²) in [4.78, 5) is 12.2. The van der Waals surface area contributed by atoms with Crippen LogP contribution in [0, 0.1) is 5.92 Å². The second-order valence-corrected chi connectivity index (χ2v) is 7.16. The Bertz CT molecular complexity index is 578. The standard InChI is InChI=1S/C14H20N2O3S/c1-20(18,19)13-5-3-2-4-12(13)14(17)16-9-7-11-6-8-15-10-11/h2-5,11,15H,6-10H2,1H3,(H,16,17). The Balaban J connectivity index is 1.98. The average Bonchev–Trinajstić information content (AvgIpc) is 2.91. The smallest absolute Gasteiger partial charge is 0.252 e. The maximum absolute atomic E-state index is 12.1. The van der Waals surface area contributed by atoms with Crippen LogP contribution in [0.1, 0.15) is 23.2 Å². The lowest BCUT2D eigenvalue weighted by Crippen LogP contribution is -2.27. The second-order valence-electron chi connectivity index (χ2n) is 5.17. The van der Waals surface area contributed by atoms with Crippen LogP contribution in [-0.2, 0) is 9.84 Å². The molecule has 0 aromatic heterocycles. The molecule has 0 radical (unpaired) electrons. The Morgan fingerprint density at radius 3 is 2.80 bits per heavy atom. The number of sulfone groups is 1. The fraction of sp³-hybridized carbons (Fsp3) is 0.500. The third-order valence-corrected chi connectivity index (χ3v) is 4.69. The number of carbonyl (C=O) groups is 1. The van der Waals surface area contributed by atoms with Gasteiger partial charge in [0.15, 0.2) is 9.84 Å². The van der Waals surface area contributed by atoms with Crippen LogP contribution in [0.25, 0.3) is 0 Å². The zero-order valence-electron chi connectivity index (χ0n) is 11.6.